The van der Waals surface area contributed by atoms with Gasteiger partial charge in [-0.1, -0.05) is 54.9 Å². The lowest BCUT2D eigenvalue weighted by atomic mass is 9.94. The fourth-order valence-corrected chi connectivity index (χ4v) is 1.81. The molecule has 76 valence electrons. The van der Waals surface area contributed by atoms with E-state index in [1.54, 1.807) is 0 Å². The molecule has 0 spiro atoms. The van der Waals surface area contributed by atoms with Crippen LogP contribution >= 0.6 is 15.9 Å². The molecule has 0 unspecified atom stereocenters. The second kappa shape index (κ2) is 5.35. The standard InChI is InChI=1S/C13H17Br/c1-4-5-13(10(2)3)11-6-8-12(14)9-7-11/h5-10H,4H2,1-3H3. The van der Waals surface area contributed by atoms with Crippen molar-refractivity contribution in [3.05, 3.63) is 40.4 Å². The molecule has 0 bridgehead atoms. The third kappa shape index (κ3) is 2.98. The van der Waals surface area contributed by atoms with Crippen LogP contribution in [0.25, 0.3) is 5.57 Å². The monoisotopic (exact) mass is 252 g/mol. The Bertz CT molecular complexity index is 307. The van der Waals surface area contributed by atoms with Crippen LogP contribution in [0.2, 0.25) is 0 Å². The molecule has 0 aliphatic heterocycles. The van der Waals surface area contributed by atoms with E-state index in [4.69, 9.17) is 0 Å². The Hall–Kier alpha value is -0.560. The Labute approximate surface area is 95.2 Å². The van der Waals surface area contributed by atoms with Crippen LogP contribution in [0.3, 0.4) is 0 Å². The number of rotatable bonds is 3. The SMILES string of the molecule is CCC=C(c1ccc(Br)cc1)C(C)C. The predicted octanol–water partition coefficient (Wildman–Crippen LogP) is 4.90. The molecule has 14 heavy (non-hydrogen) atoms. The van der Waals surface area contributed by atoms with Gasteiger partial charge in [0, 0.05) is 4.47 Å². The largest absolute Gasteiger partial charge is 0.0807 e. The Morgan fingerprint density at radius 1 is 1.29 bits per heavy atom. The van der Waals surface area contributed by atoms with Gasteiger partial charge in [-0.25, -0.2) is 0 Å². The maximum Gasteiger partial charge on any atom is 0.0175 e. The summed E-state index contributed by atoms with van der Waals surface area (Å²) < 4.78 is 1.14. The van der Waals surface area contributed by atoms with Crippen molar-refractivity contribution in [2.45, 2.75) is 27.2 Å². The minimum Gasteiger partial charge on any atom is -0.0807 e. The lowest BCUT2D eigenvalue weighted by molar-refractivity contribution is 0.850. The van der Waals surface area contributed by atoms with Gasteiger partial charge in [-0.3, -0.25) is 0 Å². The van der Waals surface area contributed by atoms with Gasteiger partial charge in [-0.15, -0.1) is 0 Å². The lowest BCUT2D eigenvalue weighted by Crippen LogP contribution is -1.93. The molecule has 1 rings (SSSR count). The molecule has 0 heterocycles. The smallest absolute Gasteiger partial charge is 0.0175 e. The van der Waals surface area contributed by atoms with Crippen molar-refractivity contribution in [1.82, 2.24) is 0 Å². The third-order valence-electron chi connectivity index (χ3n) is 2.22. The van der Waals surface area contributed by atoms with Gasteiger partial charge in [0.15, 0.2) is 0 Å². The average molecular weight is 253 g/mol. The van der Waals surface area contributed by atoms with Crippen LogP contribution in [0.1, 0.15) is 32.8 Å². The van der Waals surface area contributed by atoms with Gasteiger partial charge in [0.1, 0.15) is 0 Å². The summed E-state index contributed by atoms with van der Waals surface area (Å²) in [6.45, 7) is 6.66. The summed E-state index contributed by atoms with van der Waals surface area (Å²) >= 11 is 3.45. The van der Waals surface area contributed by atoms with Crippen LogP contribution in [0, 0.1) is 5.92 Å². The molecular formula is C13H17Br. The summed E-state index contributed by atoms with van der Waals surface area (Å²) in [4.78, 5) is 0. The van der Waals surface area contributed by atoms with E-state index < -0.39 is 0 Å². The highest BCUT2D eigenvalue weighted by atomic mass is 79.9. The zero-order chi connectivity index (χ0) is 10.6. The van der Waals surface area contributed by atoms with E-state index in [0.29, 0.717) is 5.92 Å². The number of hydrogen-bond acceptors (Lipinski definition) is 0. The second-order valence-electron chi connectivity index (χ2n) is 3.73. The molecule has 0 radical (unpaired) electrons. The van der Waals surface area contributed by atoms with Crippen molar-refractivity contribution in [2.75, 3.05) is 0 Å². The van der Waals surface area contributed by atoms with Crippen LogP contribution in [0.15, 0.2) is 34.8 Å². The lowest BCUT2D eigenvalue weighted by Gasteiger charge is -2.11. The van der Waals surface area contributed by atoms with Crippen molar-refractivity contribution >= 4 is 21.5 Å². The van der Waals surface area contributed by atoms with Gasteiger partial charge >= 0.3 is 0 Å². The van der Waals surface area contributed by atoms with E-state index in [0.717, 1.165) is 10.9 Å². The normalized spacial score (nSPS) is 12.2. The van der Waals surface area contributed by atoms with Gasteiger partial charge in [0.25, 0.3) is 0 Å². The van der Waals surface area contributed by atoms with Crippen molar-refractivity contribution in [3.8, 4) is 0 Å². The first-order valence-corrected chi connectivity index (χ1v) is 5.90. The zero-order valence-corrected chi connectivity index (χ0v) is 10.6. The molecule has 0 nitrogen and oxygen atoms in total. The summed E-state index contributed by atoms with van der Waals surface area (Å²) in [6.07, 6.45) is 3.41. The first-order valence-electron chi connectivity index (χ1n) is 5.11. The maximum absolute atomic E-state index is 3.45. The molecule has 1 heteroatoms. The summed E-state index contributed by atoms with van der Waals surface area (Å²) in [7, 11) is 0. The van der Waals surface area contributed by atoms with E-state index in [2.05, 4.69) is 67.0 Å². The van der Waals surface area contributed by atoms with Crippen LogP contribution in [-0.4, -0.2) is 0 Å². The zero-order valence-electron chi connectivity index (χ0n) is 9.05. The van der Waals surface area contributed by atoms with Crippen molar-refractivity contribution < 1.29 is 0 Å². The number of hydrogen-bond donors (Lipinski definition) is 0. The van der Waals surface area contributed by atoms with Gasteiger partial charge < -0.3 is 0 Å². The Kier molecular flexibility index (Phi) is 4.40. The molecule has 1 aromatic carbocycles. The molecule has 0 aliphatic rings. The summed E-state index contributed by atoms with van der Waals surface area (Å²) in [5, 5.41) is 0. The van der Waals surface area contributed by atoms with Crippen molar-refractivity contribution in [1.29, 1.82) is 0 Å². The highest BCUT2D eigenvalue weighted by Crippen LogP contribution is 2.24. The predicted molar refractivity (Wildman–Crippen MR) is 67.2 cm³/mol. The van der Waals surface area contributed by atoms with Crippen molar-refractivity contribution in [2.24, 2.45) is 5.92 Å². The first-order chi connectivity index (χ1) is 6.65. The summed E-state index contributed by atoms with van der Waals surface area (Å²) in [6, 6.07) is 8.54. The average Bonchev–Trinajstić information content (AvgIpc) is 2.15. The van der Waals surface area contributed by atoms with Gasteiger partial charge in [-0.05, 0) is 35.6 Å². The maximum atomic E-state index is 3.45. The third-order valence-corrected chi connectivity index (χ3v) is 2.75. The fourth-order valence-electron chi connectivity index (χ4n) is 1.55. The Morgan fingerprint density at radius 3 is 2.29 bits per heavy atom. The first kappa shape index (κ1) is 11.5. The fraction of sp³-hybridized carbons (Fsp3) is 0.385. The van der Waals surface area contributed by atoms with Crippen LogP contribution in [-0.2, 0) is 0 Å². The van der Waals surface area contributed by atoms with E-state index in [1.807, 2.05) is 0 Å². The van der Waals surface area contributed by atoms with E-state index >= 15 is 0 Å². The summed E-state index contributed by atoms with van der Waals surface area (Å²) in [5.74, 6) is 0.594. The molecule has 0 saturated carbocycles. The van der Waals surface area contributed by atoms with Gasteiger partial charge in [0.2, 0.25) is 0 Å². The number of benzene rings is 1. The molecule has 0 fully saturated rings. The second-order valence-corrected chi connectivity index (χ2v) is 4.64. The molecule has 0 amide bonds. The van der Waals surface area contributed by atoms with Crippen LogP contribution in [0.5, 0.6) is 0 Å². The highest BCUT2D eigenvalue weighted by Gasteiger charge is 2.04. The Morgan fingerprint density at radius 2 is 1.86 bits per heavy atom. The van der Waals surface area contributed by atoms with Crippen LogP contribution < -0.4 is 0 Å². The summed E-state index contributed by atoms with van der Waals surface area (Å²) in [5.41, 5.74) is 2.78. The van der Waals surface area contributed by atoms with Crippen LogP contribution in [0.4, 0.5) is 0 Å². The molecule has 0 aromatic heterocycles. The topological polar surface area (TPSA) is 0 Å². The molecule has 0 saturated heterocycles. The number of allylic oxidation sites excluding steroid dienone is 2. The van der Waals surface area contributed by atoms with E-state index in [1.165, 1.54) is 11.1 Å². The minimum absolute atomic E-state index is 0.594. The molecule has 0 N–H and O–H groups in total. The Balaban J connectivity index is 3.00. The quantitative estimate of drug-likeness (QED) is 0.718. The van der Waals surface area contributed by atoms with Gasteiger partial charge in [-0.2, -0.15) is 0 Å². The molecule has 0 atom stereocenters. The molecular weight excluding hydrogens is 236 g/mol. The molecule has 1 aromatic rings. The highest BCUT2D eigenvalue weighted by molar-refractivity contribution is 9.10. The van der Waals surface area contributed by atoms with E-state index in [9.17, 15) is 0 Å². The van der Waals surface area contributed by atoms with Crippen molar-refractivity contribution in [3.63, 3.8) is 0 Å². The van der Waals surface area contributed by atoms with E-state index in [-0.39, 0.29) is 0 Å². The minimum atomic E-state index is 0.594. The molecule has 0 aliphatic carbocycles. The number of halogens is 1. The van der Waals surface area contributed by atoms with Gasteiger partial charge in [0.05, 0.1) is 0 Å².